The molecule has 0 saturated carbocycles. The summed E-state index contributed by atoms with van der Waals surface area (Å²) in [5.41, 5.74) is 0. The molecule has 0 radical (unpaired) electrons. The summed E-state index contributed by atoms with van der Waals surface area (Å²) in [6, 6.07) is 0. The Morgan fingerprint density at radius 2 is 1.50 bits per heavy atom. The summed E-state index contributed by atoms with van der Waals surface area (Å²) < 4.78 is 11.2. The van der Waals surface area contributed by atoms with Gasteiger partial charge in [0.15, 0.2) is 0 Å². The second-order valence-electron chi connectivity index (χ2n) is 3.33. The summed E-state index contributed by atoms with van der Waals surface area (Å²) in [4.78, 5) is 0. The van der Waals surface area contributed by atoms with Crippen molar-refractivity contribution in [2.45, 2.75) is 26.1 Å². The van der Waals surface area contributed by atoms with Gasteiger partial charge in [-0.25, -0.2) is 0 Å². The van der Waals surface area contributed by atoms with Crippen molar-refractivity contribution in [3.63, 3.8) is 0 Å². The fraction of sp³-hybridized carbons (Fsp3) is 0.333. The van der Waals surface area contributed by atoms with Gasteiger partial charge < -0.3 is 9.47 Å². The highest BCUT2D eigenvalue weighted by Gasteiger charge is 2.10. The number of allylic oxidation sites excluding steroid dienone is 6. The zero-order valence-electron chi connectivity index (χ0n) is 8.27. The lowest BCUT2D eigenvalue weighted by molar-refractivity contribution is -0.0733. The van der Waals surface area contributed by atoms with Gasteiger partial charge in [0.2, 0.25) is 6.29 Å². The van der Waals surface area contributed by atoms with E-state index in [0.29, 0.717) is 0 Å². The third-order valence-electron chi connectivity index (χ3n) is 2.11. The van der Waals surface area contributed by atoms with Gasteiger partial charge in [-0.15, -0.1) is 0 Å². The predicted molar refractivity (Wildman–Crippen MR) is 55.3 cm³/mol. The van der Waals surface area contributed by atoms with Crippen molar-refractivity contribution in [1.82, 2.24) is 0 Å². The average Bonchev–Trinajstić information content (AvgIpc) is 2.76. The van der Waals surface area contributed by atoms with E-state index in [9.17, 15) is 0 Å². The second kappa shape index (κ2) is 4.18. The molecule has 2 nitrogen and oxygen atoms in total. The first kappa shape index (κ1) is 9.13. The Labute approximate surface area is 84.2 Å². The maximum Gasteiger partial charge on any atom is 0.237 e. The van der Waals surface area contributed by atoms with E-state index < -0.39 is 0 Å². The van der Waals surface area contributed by atoms with Crippen LogP contribution in [-0.4, -0.2) is 6.29 Å². The van der Waals surface area contributed by atoms with Crippen LogP contribution in [-0.2, 0) is 9.47 Å². The fourth-order valence-electron chi connectivity index (χ4n) is 1.48. The Hall–Kier alpha value is -1.44. The topological polar surface area (TPSA) is 18.5 Å². The lowest BCUT2D eigenvalue weighted by Crippen LogP contribution is -2.11. The van der Waals surface area contributed by atoms with Gasteiger partial charge in [0.05, 0.1) is 0 Å². The molecule has 0 amide bonds. The first-order chi connectivity index (χ1) is 6.84. The highest BCUT2D eigenvalue weighted by Crippen LogP contribution is 2.19. The quantitative estimate of drug-likeness (QED) is 0.634. The zero-order chi connectivity index (χ0) is 9.80. The lowest BCUT2D eigenvalue weighted by Gasteiger charge is -2.17. The first-order valence-corrected chi connectivity index (χ1v) is 4.89. The average molecular weight is 190 g/mol. The number of hydrogen-bond acceptors (Lipinski definition) is 2. The molecular formula is C12H14O2. The summed E-state index contributed by atoms with van der Waals surface area (Å²) in [5, 5.41) is 0. The van der Waals surface area contributed by atoms with Crippen LogP contribution in [0.5, 0.6) is 0 Å². The molecule has 0 atom stereocenters. The molecule has 74 valence electrons. The molecule has 0 heterocycles. The second-order valence-corrected chi connectivity index (χ2v) is 3.33. The highest BCUT2D eigenvalue weighted by atomic mass is 16.7. The van der Waals surface area contributed by atoms with Gasteiger partial charge in [-0.3, -0.25) is 0 Å². The van der Waals surface area contributed by atoms with Crippen molar-refractivity contribution < 1.29 is 9.47 Å². The monoisotopic (exact) mass is 190 g/mol. The molecular weight excluding hydrogens is 176 g/mol. The van der Waals surface area contributed by atoms with Crippen molar-refractivity contribution >= 4 is 0 Å². The van der Waals surface area contributed by atoms with Crippen molar-refractivity contribution in [2.75, 3.05) is 0 Å². The van der Waals surface area contributed by atoms with E-state index in [0.717, 1.165) is 24.4 Å². The van der Waals surface area contributed by atoms with Gasteiger partial charge in [-0.2, -0.15) is 0 Å². The molecule has 0 aliphatic heterocycles. The van der Waals surface area contributed by atoms with Gasteiger partial charge >= 0.3 is 0 Å². The van der Waals surface area contributed by atoms with Crippen LogP contribution < -0.4 is 0 Å². The van der Waals surface area contributed by atoms with Crippen LogP contribution in [0.3, 0.4) is 0 Å². The lowest BCUT2D eigenvalue weighted by atomic mass is 10.4. The van der Waals surface area contributed by atoms with Crippen LogP contribution in [0.1, 0.15) is 19.8 Å². The molecule has 14 heavy (non-hydrogen) atoms. The van der Waals surface area contributed by atoms with Crippen LogP contribution in [0.25, 0.3) is 0 Å². The Morgan fingerprint density at radius 3 is 1.86 bits per heavy atom. The summed E-state index contributed by atoms with van der Waals surface area (Å²) in [6.07, 6.45) is 13.6. The van der Waals surface area contributed by atoms with E-state index in [4.69, 9.17) is 9.47 Å². The maximum absolute atomic E-state index is 5.58. The normalized spacial score (nSPS) is 18.7. The minimum Gasteiger partial charge on any atom is -0.459 e. The van der Waals surface area contributed by atoms with E-state index in [1.807, 2.05) is 31.2 Å². The molecule has 0 saturated heterocycles. The van der Waals surface area contributed by atoms with E-state index in [2.05, 4.69) is 12.2 Å². The Morgan fingerprint density at radius 1 is 1.00 bits per heavy atom. The Balaban J connectivity index is 1.76. The SMILES string of the molecule is CC(OC1=CC=CC1)OC1=CC=CC1. The van der Waals surface area contributed by atoms with Crippen LogP contribution >= 0.6 is 0 Å². The summed E-state index contributed by atoms with van der Waals surface area (Å²) >= 11 is 0. The molecule has 0 spiro atoms. The van der Waals surface area contributed by atoms with E-state index in [1.165, 1.54) is 0 Å². The summed E-state index contributed by atoms with van der Waals surface area (Å²) in [6.45, 7) is 1.92. The third kappa shape index (κ3) is 2.28. The molecule has 0 bridgehead atoms. The van der Waals surface area contributed by atoms with Gasteiger partial charge in [0, 0.05) is 19.8 Å². The molecule has 0 aromatic rings. The number of rotatable bonds is 4. The number of hydrogen-bond donors (Lipinski definition) is 0. The zero-order valence-corrected chi connectivity index (χ0v) is 8.27. The minimum atomic E-state index is -0.202. The molecule has 2 rings (SSSR count). The first-order valence-electron chi connectivity index (χ1n) is 4.89. The Bertz CT molecular complexity index is 289. The molecule has 2 heteroatoms. The van der Waals surface area contributed by atoms with E-state index >= 15 is 0 Å². The molecule has 0 unspecified atom stereocenters. The maximum atomic E-state index is 5.58. The van der Waals surface area contributed by atoms with Gasteiger partial charge in [-0.1, -0.05) is 24.3 Å². The molecule has 2 aliphatic carbocycles. The van der Waals surface area contributed by atoms with Gasteiger partial charge in [0.1, 0.15) is 11.5 Å². The molecule has 0 fully saturated rings. The van der Waals surface area contributed by atoms with Crippen molar-refractivity contribution in [3.8, 4) is 0 Å². The minimum absolute atomic E-state index is 0.202. The number of ether oxygens (including phenoxy) is 2. The predicted octanol–water partition coefficient (Wildman–Crippen LogP) is 3.05. The molecule has 0 N–H and O–H groups in total. The van der Waals surface area contributed by atoms with Crippen molar-refractivity contribution in [3.05, 3.63) is 48.0 Å². The largest absolute Gasteiger partial charge is 0.459 e. The van der Waals surface area contributed by atoms with E-state index in [1.54, 1.807) is 0 Å². The van der Waals surface area contributed by atoms with Gasteiger partial charge in [-0.05, 0) is 12.2 Å². The van der Waals surface area contributed by atoms with Crippen molar-refractivity contribution in [2.24, 2.45) is 0 Å². The van der Waals surface area contributed by atoms with Crippen LogP contribution in [0.2, 0.25) is 0 Å². The third-order valence-corrected chi connectivity index (χ3v) is 2.11. The smallest absolute Gasteiger partial charge is 0.237 e. The van der Waals surface area contributed by atoms with E-state index in [-0.39, 0.29) is 6.29 Å². The van der Waals surface area contributed by atoms with Gasteiger partial charge in [0.25, 0.3) is 0 Å². The molecule has 2 aliphatic rings. The van der Waals surface area contributed by atoms with Crippen LogP contribution in [0.15, 0.2) is 48.0 Å². The molecule has 0 aromatic carbocycles. The highest BCUT2D eigenvalue weighted by molar-refractivity contribution is 5.19. The summed E-state index contributed by atoms with van der Waals surface area (Å²) in [5.74, 6) is 1.95. The van der Waals surface area contributed by atoms with Crippen LogP contribution in [0, 0.1) is 0 Å². The Kier molecular flexibility index (Phi) is 2.73. The van der Waals surface area contributed by atoms with Crippen molar-refractivity contribution in [1.29, 1.82) is 0 Å². The summed E-state index contributed by atoms with van der Waals surface area (Å²) in [7, 11) is 0. The van der Waals surface area contributed by atoms with Crippen LogP contribution in [0.4, 0.5) is 0 Å². The molecule has 0 aromatic heterocycles. The fourth-order valence-corrected chi connectivity index (χ4v) is 1.48. The standard InChI is InChI=1S/C12H14O2/c1-10(13-11-6-2-3-7-11)14-12-8-4-5-9-12/h2-6,8,10H,7,9H2,1H3.